The van der Waals surface area contributed by atoms with Gasteiger partial charge in [-0.2, -0.15) is 0 Å². The molecule has 23 heavy (non-hydrogen) atoms. The van der Waals surface area contributed by atoms with Crippen molar-refractivity contribution in [2.75, 3.05) is 53.5 Å². The van der Waals surface area contributed by atoms with Crippen LogP contribution in [0.2, 0.25) is 0 Å². The molecule has 0 radical (unpaired) electrons. The maximum Gasteiger partial charge on any atom is 0.315 e. The van der Waals surface area contributed by atoms with E-state index in [0.717, 1.165) is 26.2 Å². The van der Waals surface area contributed by atoms with Gasteiger partial charge < -0.3 is 20.3 Å². The summed E-state index contributed by atoms with van der Waals surface area (Å²) < 4.78 is 5.04. The number of urea groups is 1. The van der Waals surface area contributed by atoms with Crippen LogP contribution in [0, 0.1) is 0 Å². The molecule has 1 saturated heterocycles. The zero-order valence-electron chi connectivity index (χ0n) is 14.2. The predicted octanol–water partition coefficient (Wildman–Crippen LogP) is 1.37. The molecule has 0 bridgehead atoms. The fourth-order valence-corrected chi connectivity index (χ4v) is 3.64. The van der Waals surface area contributed by atoms with E-state index in [0.29, 0.717) is 13.2 Å². The van der Waals surface area contributed by atoms with Crippen LogP contribution in [0.25, 0.3) is 0 Å². The number of nitrogens with one attached hydrogen (secondary N) is 2. The Labute approximate surface area is 142 Å². The second-order valence-electron chi connectivity index (χ2n) is 6.08. The normalized spacial score (nSPS) is 19.3. The number of nitrogens with zero attached hydrogens (tertiary/aromatic N) is 2. The highest BCUT2D eigenvalue weighted by Crippen LogP contribution is 2.25. The average molecular weight is 340 g/mol. The van der Waals surface area contributed by atoms with E-state index in [2.05, 4.69) is 45.0 Å². The largest absolute Gasteiger partial charge is 0.383 e. The van der Waals surface area contributed by atoms with Crippen molar-refractivity contribution in [2.24, 2.45) is 0 Å². The van der Waals surface area contributed by atoms with E-state index in [9.17, 15) is 4.79 Å². The molecule has 1 aliphatic rings. The lowest BCUT2D eigenvalue weighted by Gasteiger charge is -2.37. The van der Waals surface area contributed by atoms with Crippen LogP contribution in [0.4, 0.5) is 4.79 Å². The number of amides is 2. The van der Waals surface area contributed by atoms with Crippen molar-refractivity contribution in [1.82, 2.24) is 20.4 Å². The molecule has 7 heteroatoms. The van der Waals surface area contributed by atoms with Crippen molar-refractivity contribution in [3.8, 4) is 0 Å². The van der Waals surface area contributed by atoms with Gasteiger partial charge in [-0.1, -0.05) is 6.07 Å². The molecule has 2 rings (SSSR count). The third kappa shape index (κ3) is 5.76. The molecule has 1 aliphatic heterocycles. The van der Waals surface area contributed by atoms with Crippen LogP contribution < -0.4 is 10.6 Å². The molecule has 0 aromatic carbocycles. The highest BCUT2D eigenvalue weighted by Gasteiger charge is 2.25. The summed E-state index contributed by atoms with van der Waals surface area (Å²) in [7, 11) is 3.79. The summed E-state index contributed by atoms with van der Waals surface area (Å²) >= 11 is 1.75. The highest BCUT2D eigenvalue weighted by molar-refractivity contribution is 7.10. The van der Waals surface area contributed by atoms with Gasteiger partial charge in [-0.05, 0) is 25.4 Å². The molecule has 1 fully saturated rings. The van der Waals surface area contributed by atoms with Gasteiger partial charge in [-0.25, -0.2) is 4.79 Å². The predicted molar refractivity (Wildman–Crippen MR) is 94.0 cm³/mol. The van der Waals surface area contributed by atoms with Crippen LogP contribution in [0.1, 0.15) is 17.8 Å². The molecule has 0 aliphatic carbocycles. The van der Waals surface area contributed by atoms with Crippen molar-refractivity contribution < 1.29 is 9.53 Å². The van der Waals surface area contributed by atoms with Gasteiger partial charge in [-0.3, -0.25) is 4.90 Å². The number of ether oxygens (including phenoxy) is 1. The van der Waals surface area contributed by atoms with E-state index >= 15 is 0 Å². The van der Waals surface area contributed by atoms with Crippen LogP contribution in [-0.2, 0) is 4.74 Å². The van der Waals surface area contributed by atoms with Crippen molar-refractivity contribution in [3.63, 3.8) is 0 Å². The summed E-state index contributed by atoms with van der Waals surface area (Å²) in [6, 6.07) is 4.34. The van der Waals surface area contributed by atoms with Crippen LogP contribution in [-0.4, -0.2) is 75.4 Å². The van der Waals surface area contributed by atoms with Crippen LogP contribution >= 0.6 is 11.3 Å². The number of piperazine rings is 1. The molecule has 0 unspecified atom stereocenters. The van der Waals surface area contributed by atoms with Gasteiger partial charge in [0.25, 0.3) is 0 Å². The Hall–Kier alpha value is -1.15. The number of thiophene rings is 1. The first kappa shape index (κ1) is 18.2. The lowest BCUT2D eigenvalue weighted by molar-refractivity contribution is 0.112. The summed E-state index contributed by atoms with van der Waals surface area (Å²) in [5.74, 6) is 0. The summed E-state index contributed by atoms with van der Waals surface area (Å²) in [6.45, 7) is 7.26. The Kier molecular flexibility index (Phi) is 7.29. The molecule has 130 valence electrons. The Morgan fingerprint density at radius 1 is 1.39 bits per heavy atom. The summed E-state index contributed by atoms with van der Waals surface area (Å²) in [6.07, 6.45) is 0. The molecule has 2 amide bonds. The Morgan fingerprint density at radius 3 is 2.74 bits per heavy atom. The number of hydrogen-bond donors (Lipinski definition) is 2. The van der Waals surface area contributed by atoms with Crippen molar-refractivity contribution in [2.45, 2.75) is 19.0 Å². The maximum atomic E-state index is 12.0. The lowest BCUT2D eigenvalue weighted by Crippen LogP contribution is -2.50. The first-order valence-corrected chi connectivity index (χ1v) is 8.97. The standard InChI is InChI=1S/C16H28N4O2S/c1-13(12-22-3)18-16(21)17-11-14(15-5-4-10-23-15)20-8-6-19(2)7-9-20/h4-5,10,13-14H,6-9,11-12H2,1-3H3,(H2,17,18,21)/t13-,14+/m0/s1. The van der Waals surface area contributed by atoms with E-state index in [1.165, 1.54) is 4.88 Å². The zero-order valence-corrected chi connectivity index (χ0v) is 15.1. The third-order valence-electron chi connectivity index (χ3n) is 4.10. The Bertz CT molecular complexity index is 461. The van der Waals surface area contributed by atoms with Crippen molar-refractivity contribution in [1.29, 1.82) is 0 Å². The minimum atomic E-state index is -0.134. The van der Waals surface area contributed by atoms with Crippen LogP contribution in [0.5, 0.6) is 0 Å². The number of hydrogen-bond acceptors (Lipinski definition) is 5. The molecule has 2 heterocycles. The number of carbonyl (C=O) groups is 1. The van der Waals surface area contributed by atoms with Crippen LogP contribution in [0.3, 0.4) is 0 Å². The van der Waals surface area contributed by atoms with Gasteiger partial charge in [0.2, 0.25) is 0 Å². The van der Waals surface area contributed by atoms with Gasteiger partial charge in [0.05, 0.1) is 18.7 Å². The molecular weight excluding hydrogens is 312 g/mol. The van der Waals surface area contributed by atoms with Gasteiger partial charge >= 0.3 is 6.03 Å². The van der Waals surface area contributed by atoms with E-state index in [4.69, 9.17) is 4.74 Å². The molecule has 0 saturated carbocycles. The van der Waals surface area contributed by atoms with E-state index in [1.807, 2.05) is 6.92 Å². The maximum absolute atomic E-state index is 12.0. The topological polar surface area (TPSA) is 56.8 Å². The minimum Gasteiger partial charge on any atom is -0.383 e. The number of methoxy groups -OCH3 is 1. The van der Waals surface area contributed by atoms with Crippen LogP contribution in [0.15, 0.2) is 17.5 Å². The highest BCUT2D eigenvalue weighted by atomic mass is 32.1. The SMILES string of the molecule is COC[C@H](C)NC(=O)NC[C@H](c1cccs1)N1CCN(C)CC1. The third-order valence-corrected chi connectivity index (χ3v) is 5.07. The molecule has 2 N–H and O–H groups in total. The van der Waals surface area contributed by atoms with Gasteiger partial charge in [0.1, 0.15) is 0 Å². The first-order chi connectivity index (χ1) is 11.1. The van der Waals surface area contributed by atoms with Crippen molar-refractivity contribution in [3.05, 3.63) is 22.4 Å². The Morgan fingerprint density at radius 2 is 2.13 bits per heavy atom. The summed E-state index contributed by atoms with van der Waals surface area (Å²) in [5.41, 5.74) is 0. The van der Waals surface area contributed by atoms with E-state index in [1.54, 1.807) is 18.4 Å². The van der Waals surface area contributed by atoms with Gasteiger partial charge in [0, 0.05) is 44.7 Å². The van der Waals surface area contributed by atoms with Gasteiger partial charge in [-0.15, -0.1) is 11.3 Å². The molecule has 0 spiro atoms. The number of rotatable bonds is 7. The van der Waals surface area contributed by atoms with E-state index in [-0.39, 0.29) is 18.1 Å². The fourth-order valence-electron chi connectivity index (χ4n) is 2.78. The Balaban J connectivity index is 1.89. The molecule has 1 aromatic heterocycles. The molecule has 6 nitrogen and oxygen atoms in total. The molecule has 2 atom stereocenters. The molecule has 1 aromatic rings. The average Bonchev–Trinajstić information content (AvgIpc) is 3.03. The smallest absolute Gasteiger partial charge is 0.315 e. The molecular formula is C16H28N4O2S. The number of likely N-dealkylation sites (N-methyl/N-ethyl adjacent to an activating group) is 1. The minimum absolute atomic E-state index is 0.00354. The van der Waals surface area contributed by atoms with E-state index < -0.39 is 0 Å². The lowest BCUT2D eigenvalue weighted by atomic mass is 10.1. The second-order valence-corrected chi connectivity index (χ2v) is 7.06. The summed E-state index contributed by atoms with van der Waals surface area (Å²) in [5, 5.41) is 8.00. The zero-order chi connectivity index (χ0) is 16.7. The van der Waals surface area contributed by atoms with Gasteiger partial charge in [0.15, 0.2) is 0 Å². The quantitative estimate of drug-likeness (QED) is 0.787. The summed E-state index contributed by atoms with van der Waals surface area (Å²) in [4.78, 5) is 18.1. The second kappa shape index (κ2) is 9.22. The number of carbonyl (C=O) groups excluding carboxylic acids is 1. The fraction of sp³-hybridized carbons (Fsp3) is 0.688. The monoisotopic (exact) mass is 340 g/mol. The first-order valence-electron chi connectivity index (χ1n) is 8.09. The van der Waals surface area contributed by atoms with Crippen molar-refractivity contribution >= 4 is 17.4 Å².